The highest BCUT2D eigenvalue weighted by Gasteiger charge is 2.40. The summed E-state index contributed by atoms with van der Waals surface area (Å²) in [4.78, 5) is 15.2. The van der Waals surface area contributed by atoms with Crippen molar-refractivity contribution in [1.82, 2.24) is 10.2 Å². The van der Waals surface area contributed by atoms with E-state index >= 15 is 0 Å². The molecular weight excluding hydrogens is 262 g/mol. The molecule has 0 bridgehead atoms. The predicted molar refractivity (Wildman–Crippen MR) is 85.0 cm³/mol. The van der Waals surface area contributed by atoms with Gasteiger partial charge in [0.25, 0.3) is 0 Å². The predicted octanol–water partition coefficient (Wildman–Crippen LogP) is 1.90. The molecular formula is C17H25N3O. The number of nitrogens with two attached hydrogens (primary N) is 1. The van der Waals surface area contributed by atoms with Gasteiger partial charge in [0.05, 0.1) is 5.41 Å². The molecule has 2 aliphatic heterocycles. The summed E-state index contributed by atoms with van der Waals surface area (Å²) in [5.41, 5.74) is 6.94. The summed E-state index contributed by atoms with van der Waals surface area (Å²) in [6.45, 7) is 6.28. The van der Waals surface area contributed by atoms with Crippen molar-refractivity contribution in [2.45, 2.75) is 50.6 Å². The summed E-state index contributed by atoms with van der Waals surface area (Å²) >= 11 is 0. The van der Waals surface area contributed by atoms with Crippen molar-refractivity contribution in [2.75, 3.05) is 18.8 Å². The zero-order valence-electron chi connectivity index (χ0n) is 12.9. The van der Waals surface area contributed by atoms with Crippen LogP contribution in [0.2, 0.25) is 0 Å². The molecule has 0 radical (unpaired) electrons. The van der Waals surface area contributed by atoms with Crippen LogP contribution < -0.4 is 11.1 Å². The topological polar surface area (TPSA) is 58.4 Å². The molecule has 2 heterocycles. The molecule has 2 atom stereocenters. The lowest BCUT2D eigenvalue weighted by atomic mass is 9.83. The first-order valence-electron chi connectivity index (χ1n) is 7.89. The Morgan fingerprint density at radius 1 is 1.24 bits per heavy atom. The molecule has 0 aliphatic carbocycles. The fourth-order valence-electron chi connectivity index (χ4n) is 3.63. The third kappa shape index (κ3) is 2.64. The lowest BCUT2D eigenvalue weighted by molar-refractivity contribution is -0.126. The molecule has 4 heteroatoms. The first-order chi connectivity index (χ1) is 9.98. The number of nitrogen functional groups attached to an aromatic ring is 1. The van der Waals surface area contributed by atoms with E-state index < -0.39 is 5.41 Å². The highest BCUT2D eigenvalue weighted by atomic mass is 16.2. The number of nitrogens with one attached hydrogen (secondary N) is 1. The number of amides is 1. The van der Waals surface area contributed by atoms with E-state index in [2.05, 4.69) is 10.2 Å². The maximum Gasteiger partial charge on any atom is 0.230 e. The Bertz CT molecular complexity index is 523. The van der Waals surface area contributed by atoms with Crippen molar-refractivity contribution in [3.63, 3.8) is 0 Å². The number of hydrogen-bond donors (Lipinski definition) is 2. The van der Waals surface area contributed by atoms with E-state index in [1.54, 1.807) is 0 Å². The molecule has 4 nitrogen and oxygen atoms in total. The second-order valence-electron chi connectivity index (χ2n) is 6.86. The summed E-state index contributed by atoms with van der Waals surface area (Å²) in [7, 11) is 0. The van der Waals surface area contributed by atoms with Gasteiger partial charge in [-0.2, -0.15) is 0 Å². The summed E-state index contributed by atoms with van der Waals surface area (Å²) in [6.07, 6.45) is 3.56. The van der Waals surface area contributed by atoms with Gasteiger partial charge in [0.15, 0.2) is 0 Å². The van der Waals surface area contributed by atoms with Crippen molar-refractivity contribution in [3.05, 3.63) is 29.8 Å². The van der Waals surface area contributed by atoms with Crippen LogP contribution in [-0.2, 0) is 10.2 Å². The first-order valence-corrected chi connectivity index (χ1v) is 7.89. The number of nitrogens with zero attached hydrogens (tertiary/aromatic N) is 1. The average Bonchev–Trinajstić information content (AvgIpc) is 3.04. The largest absolute Gasteiger partial charge is 0.399 e. The van der Waals surface area contributed by atoms with Crippen LogP contribution in [0.25, 0.3) is 0 Å². The van der Waals surface area contributed by atoms with Gasteiger partial charge in [0, 0.05) is 24.3 Å². The second kappa shape index (κ2) is 5.34. The minimum atomic E-state index is -0.528. The molecule has 0 aromatic heterocycles. The van der Waals surface area contributed by atoms with Crippen molar-refractivity contribution < 1.29 is 4.79 Å². The van der Waals surface area contributed by atoms with Gasteiger partial charge in [-0.1, -0.05) is 12.1 Å². The van der Waals surface area contributed by atoms with E-state index in [4.69, 9.17) is 5.73 Å². The van der Waals surface area contributed by atoms with Crippen molar-refractivity contribution in [2.24, 2.45) is 0 Å². The van der Waals surface area contributed by atoms with E-state index in [0.717, 1.165) is 24.2 Å². The highest BCUT2D eigenvalue weighted by molar-refractivity contribution is 5.87. The van der Waals surface area contributed by atoms with E-state index in [0.29, 0.717) is 12.1 Å². The summed E-state index contributed by atoms with van der Waals surface area (Å²) < 4.78 is 0. The second-order valence-corrected chi connectivity index (χ2v) is 6.86. The number of carbonyl (C=O) groups excluding carboxylic acids is 1. The summed E-state index contributed by atoms with van der Waals surface area (Å²) in [5, 5.41) is 3.29. The van der Waals surface area contributed by atoms with E-state index in [1.807, 2.05) is 38.1 Å². The number of anilines is 1. The fraction of sp³-hybridized carbons (Fsp3) is 0.588. The molecule has 0 saturated carbocycles. The Morgan fingerprint density at radius 3 is 2.67 bits per heavy atom. The van der Waals surface area contributed by atoms with Crippen molar-refractivity contribution in [3.8, 4) is 0 Å². The van der Waals surface area contributed by atoms with Crippen LogP contribution in [0.4, 0.5) is 5.69 Å². The number of hydrogen-bond acceptors (Lipinski definition) is 3. The highest BCUT2D eigenvalue weighted by Crippen LogP contribution is 2.30. The minimum absolute atomic E-state index is 0.117. The lowest BCUT2D eigenvalue weighted by Crippen LogP contribution is -2.48. The van der Waals surface area contributed by atoms with Gasteiger partial charge in [-0.05, 0) is 57.4 Å². The normalized spacial score (nSPS) is 25.8. The molecule has 2 saturated heterocycles. The number of carbonyl (C=O) groups is 1. The maximum atomic E-state index is 12.7. The number of fused-ring (bicyclic) bond motifs is 1. The van der Waals surface area contributed by atoms with Gasteiger partial charge in [-0.25, -0.2) is 0 Å². The maximum absolute atomic E-state index is 12.7. The molecule has 1 aromatic rings. The Morgan fingerprint density at radius 2 is 1.95 bits per heavy atom. The van der Waals surface area contributed by atoms with Crippen LogP contribution in [0.15, 0.2) is 24.3 Å². The van der Waals surface area contributed by atoms with E-state index in [1.165, 1.54) is 19.4 Å². The average molecular weight is 287 g/mol. The molecule has 21 heavy (non-hydrogen) atoms. The fourth-order valence-corrected chi connectivity index (χ4v) is 3.63. The molecule has 2 fully saturated rings. The zero-order chi connectivity index (χ0) is 15.0. The molecule has 3 N–H and O–H groups in total. The zero-order valence-corrected chi connectivity index (χ0v) is 12.9. The van der Waals surface area contributed by atoms with Crippen LogP contribution in [0, 0.1) is 0 Å². The minimum Gasteiger partial charge on any atom is -0.399 e. The van der Waals surface area contributed by atoms with Crippen LogP contribution in [0.3, 0.4) is 0 Å². The van der Waals surface area contributed by atoms with Crippen LogP contribution in [-0.4, -0.2) is 36.0 Å². The molecule has 1 aromatic carbocycles. The monoisotopic (exact) mass is 287 g/mol. The molecule has 1 amide bonds. The van der Waals surface area contributed by atoms with Gasteiger partial charge in [-0.3, -0.25) is 9.69 Å². The van der Waals surface area contributed by atoms with Gasteiger partial charge >= 0.3 is 0 Å². The molecule has 2 unspecified atom stereocenters. The summed E-state index contributed by atoms with van der Waals surface area (Å²) in [5.74, 6) is 0.117. The first kappa shape index (κ1) is 14.4. The quantitative estimate of drug-likeness (QED) is 0.835. The summed E-state index contributed by atoms with van der Waals surface area (Å²) in [6, 6.07) is 8.48. The van der Waals surface area contributed by atoms with Gasteiger partial charge < -0.3 is 11.1 Å². The smallest absolute Gasteiger partial charge is 0.230 e. The van der Waals surface area contributed by atoms with Crippen molar-refractivity contribution >= 4 is 11.6 Å². The standard InChI is InChI=1S/C17H25N3O/c1-17(2,12-5-7-13(18)8-6-12)16(21)19-14-9-11-20-10-3-4-15(14)20/h5-8,14-15H,3-4,9-11,18H2,1-2H3,(H,19,21). The van der Waals surface area contributed by atoms with E-state index in [-0.39, 0.29) is 5.91 Å². The third-order valence-electron chi connectivity index (χ3n) is 5.12. The van der Waals surface area contributed by atoms with Crippen molar-refractivity contribution in [1.29, 1.82) is 0 Å². The SMILES string of the molecule is CC(C)(C(=O)NC1CCN2CCCC12)c1ccc(N)cc1. The van der Waals surface area contributed by atoms with Gasteiger partial charge in [0.1, 0.15) is 0 Å². The van der Waals surface area contributed by atoms with Crippen LogP contribution in [0.1, 0.15) is 38.7 Å². The van der Waals surface area contributed by atoms with Gasteiger partial charge in [-0.15, -0.1) is 0 Å². The van der Waals surface area contributed by atoms with E-state index in [9.17, 15) is 4.79 Å². The Kier molecular flexibility index (Phi) is 3.66. The lowest BCUT2D eigenvalue weighted by Gasteiger charge is -2.28. The van der Waals surface area contributed by atoms with Crippen LogP contribution >= 0.6 is 0 Å². The van der Waals surface area contributed by atoms with Crippen LogP contribution in [0.5, 0.6) is 0 Å². The van der Waals surface area contributed by atoms with Gasteiger partial charge in [0.2, 0.25) is 5.91 Å². The molecule has 2 aliphatic rings. The Hall–Kier alpha value is -1.55. The molecule has 114 valence electrons. The number of benzene rings is 1. The third-order valence-corrected chi connectivity index (χ3v) is 5.12. The number of rotatable bonds is 3. The molecule has 3 rings (SSSR count). The Labute approximate surface area is 126 Å². The Balaban J connectivity index is 1.70. The molecule has 0 spiro atoms.